The van der Waals surface area contributed by atoms with Crippen LogP contribution in [0.15, 0.2) is 30.3 Å². The highest BCUT2D eigenvalue weighted by Crippen LogP contribution is 2.22. The Balaban J connectivity index is 2.68. The monoisotopic (exact) mass is 396 g/mol. The zero-order chi connectivity index (χ0) is 20.8. The molecule has 0 aliphatic rings. The highest BCUT2D eigenvalue weighted by atomic mass is 16.5. The van der Waals surface area contributed by atoms with Crippen molar-refractivity contribution in [2.45, 2.75) is 84.4 Å². The molecule has 5 nitrogen and oxygen atoms in total. The molecule has 5 atom stereocenters. The lowest BCUT2D eigenvalue weighted by atomic mass is 9.91. The van der Waals surface area contributed by atoms with Gasteiger partial charge in [0.05, 0.1) is 31.5 Å². The van der Waals surface area contributed by atoms with E-state index in [0.717, 1.165) is 31.2 Å². The van der Waals surface area contributed by atoms with E-state index in [2.05, 4.69) is 13.8 Å². The zero-order valence-electron chi connectivity index (χ0n) is 18.0. The summed E-state index contributed by atoms with van der Waals surface area (Å²) in [4.78, 5) is 0. The molecule has 0 radical (unpaired) electrons. The van der Waals surface area contributed by atoms with Crippen molar-refractivity contribution in [3.05, 3.63) is 35.9 Å². The van der Waals surface area contributed by atoms with Gasteiger partial charge in [0.1, 0.15) is 6.10 Å². The largest absolute Gasteiger partial charge is 0.391 e. The molecule has 0 saturated heterocycles. The fourth-order valence-electron chi connectivity index (χ4n) is 3.22. The molecule has 0 fully saturated rings. The zero-order valence-corrected chi connectivity index (χ0v) is 18.0. The lowest BCUT2D eigenvalue weighted by Gasteiger charge is -2.35. The number of aliphatic hydroxyl groups excluding tert-OH is 2. The van der Waals surface area contributed by atoms with Crippen LogP contribution in [0.1, 0.15) is 58.9 Å². The fraction of sp³-hybridized carbons (Fsp3) is 0.739. The van der Waals surface area contributed by atoms with Crippen molar-refractivity contribution in [3.63, 3.8) is 0 Å². The molecule has 5 heteroatoms. The van der Waals surface area contributed by atoms with Crippen LogP contribution in [-0.4, -0.2) is 54.4 Å². The standard InChI is InChI=1S/C23H40O5/c1-5-7-14-27-22(19(4)24)18(3)23(28-15-8-6-2)21(25)17-26-16-20-12-10-9-11-13-20/h9-13,18-19,21-25H,5-8,14-17H2,1-4H3. The summed E-state index contributed by atoms with van der Waals surface area (Å²) < 4.78 is 17.7. The van der Waals surface area contributed by atoms with Gasteiger partial charge in [-0.2, -0.15) is 0 Å². The van der Waals surface area contributed by atoms with Crippen LogP contribution in [0, 0.1) is 5.92 Å². The van der Waals surface area contributed by atoms with E-state index < -0.39 is 18.3 Å². The normalized spacial score (nSPS) is 17.1. The summed E-state index contributed by atoms with van der Waals surface area (Å²) in [5.41, 5.74) is 1.07. The van der Waals surface area contributed by atoms with Crippen LogP contribution in [0.3, 0.4) is 0 Å². The van der Waals surface area contributed by atoms with Gasteiger partial charge in [0.2, 0.25) is 0 Å². The molecule has 0 spiro atoms. The van der Waals surface area contributed by atoms with Crippen LogP contribution < -0.4 is 0 Å². The molecule has 0 saturated carbocycles. The highest BCUT2D eigenvalue weighted by molar-refractivity contribution is 5.13. The SMILES string of the molecule is CCCCOC(C(C)O)C(C)C(OCCCC)C(O)COCc1ccccc1. The van der Waals surface area contributed by atoms with Crippen LogP contribution in [-0.2, 0) is 20.8 Å². The number of benzene rings is 1. The molecule has 2 N–H and O–H groups in total. The van der Waals surface area contributed by atoms with Gasteiger partial charge in [-0.25, -0.2) is 0 Å². The van der Waals surface area contributed by atoms with Gasteiger partial charge in [-0.1, -0.05) is 63.9 Å². The van der Waals surface area contributed by atoms with Gasteiger partial charge in [0, 0.05) is 19.1 Å². The quantitative estimate of drug-likeness (QED) is 0.414. The van der Waals surface area contributed by atoms with Crippen LogP contribution >= 0.6 is 0 Å². The molecule has 0 amide bonds. The summed E-state index contributed by atoms with van der Waals surface area (Å²) in [7, 11) is 0. The van der Waals surface area contributed by atoms with E-state index in [0.29, 0.717) is 19.8 Å². The first-order valence-electron chi connectivity index (χ1n) is 10.7. The van der Waals surface area contributed by atoms with E-state index in [-0.39, 0.29) is 18.6 Å². The minimum absolute atomic E-state index is 0.163. The van der Waals surface area contributed by atoms with Crippen molar-refractivity contribution >= 4 is 0 Å². The predicted octanol–water partition coefficient (Wildman–Crippen LogP) is 3.95. The highest BCUT2D eigenvalue weighted by Gasteiger charge is 2.35. The molecule has 162 valence electrons. The Labute approximate surface area is 171 Å². The van der Waals surface area contributed by atoms with Gasteiger partial charge in [-0.15, -0.1) is 0 Å². The second-order valence-electron chi connectivity index (χ2n) is 7.55. The molecule has 28 heavy (non-hydrogen) atoms. The number of aliphatic hydroxyl groups is 2. The summed E-state index contributed by atoms with van der Waals surface area (Å²) in [6, 6.07) is 9.89. The van der Waals surface area contributed by atoms with Gasteiger partial charge in [0.25, 0.3) is 0 Å². The van der Waals surface area contributed by atoms with Crippen molar-refractivity contribution in [2.24, 2.45) is 5.92 Å². The summed E-state index contributed by atoms with van der Waals surface area (Å²) in [6.45, 7) is 9.71. The molecule has 0 aromatic heterocycles. The van der Waals surface area contributed by atoms with E-state index in [1.54, 1.807) is 6.92 Å². The summed E-state index contributed by atoms with van der Waals surface area (Å²) in [5.74, 6) is -0.163. The Hall–Kier alpha value is -0.980. The predicted molar refractivity (Wildman–Crippen MR) is 112 cm³/mol. The Kier molecular flexibility index (Phi) is 13.4. The summed E-state index contributed by atoms with van der Waals surface area (Å²) >= 11 is 0. The van der Waals surface area contributed by atoms with E-state index in [1.807, 2.05) is 37.3 Å². The number of rotatable bonds is 16. The van der Waals surface area contributed by atoms with E-state index in [1.165, 1.54) is 0 Å². The summed E-state index contributed by atoms with van der Waals surface area (Å²) in [5, 5.41) is 21.0. The molecule has 0 aliphatic heterocycles. The van der Waals surface area contributed by atoms with E-state index in [9.17, 15) is 10.2 Å². The molecule has 1 rings (SSSR count). The average molecular weight is 397 g/mol. The van der Waals surface area contributed by atoms with Crippen LogP contribution in [0.5, 0.6) is 0 Å². The van der Waals surface area contributed by atoms with Gasteiger partial charge >= 0.3 is 0 Å². The van der Waals surface area contributed by atoms with Gasteiger partial charge < -0.3 is 24.4 Å². The lowest BCUT2D eigenvalue weighted by molar-refractivity contribution is -0.144. The molecule has 0 aliphatic carbocycles. The van der Waals surface area contributed by atoms with Crippen molar-refractivity contribution in [1.82, 2.24) is 0 Å². The number of unbranched alkanes of at least 4 members (excludes halogenated alkanes) is 2. The third-order valence-corrected chi connectivity index (χ3v) is 4.91. The molecule has 5 unspecified atom stereocenters. The maximum Gasteiger partial charge on any atom is 0.104 e. The first-order valence-corrected chi connectivity index (χ1v) is 10.7. The van der Waals surface area contributed by atoms with Crippen molar-refractivity contribution in [2.75, 3.05) is 19.8 Å². The van der Waals surface area contributed by atoms with E-state index >= 15 is 0 Å². The van der Waals surface area contributed by atoms with Crippen LogP contribution in [0.2, 0.25) is 0 Å². The minimum Gasteiger partial charge on any atom is -0.391 e. The van der Waals surface area contributed by atoms with Crippen molar-refractivity contribution < 1.29 is 24.4 Å². The lowest BCUT2D eigenvalue weighted by Crippen LogP contribution is -2.47. The first kappa shape index (κ1) is 25.1. The molecular formula is C23H40O5. The van der Waals surface area contributed by atoms with Crippen LogP contribution in [0.25, 0.3) is 0 Å². The number of hydrogen-bond donors (Lipinski definition) is 2. The minimum atomic E-state index is -0.786. The number of hydrogen-bond acceptors (Lipinski definition) is 5. The Morgan fingerprint density at radius 1 is 0.857 bits per heavy atom. The molecule has 0 bridgehead atoms. The van der Waals surface area contributed by atoms with E-state index in [4.69, 9.17) is 14.2 Å². The average Bonchev–Trinajstić information content (AvgIpc) is 2.68. The molecular weight excluding hydrogens is 356 g/mol. The molecule has 1 aromatic carbocycles. The summed E-state index contributed by atoms with van der Waals surface area (Å²) in [6.07, 6.45) is 1.66. The maximum atomic E-state index is 10.8. The Morgan fingerprint density at radius 2 is 1.43 bits per heavy atom. The number of ether oxygens (including phenoxy) is 3. The van der Waals surface area contributed by atoms with Crippen molar-refractivity contribution in [1.29, 1.82) is 0 Å². The van der Waals surface area contributed by atoms with Gasteiger partial charge in [-0.3, -0.25) is 0 Å². The van der Waals surface area contributed by atoms with Crippen LogP contribution in [0.4, 0.5) is 0 Å². The van der Waals surface area contributed by atoms with Gasteiger partial charge in [-0.05, 0) is 25.3 Å². The third-order valence-electron chi connectivity index (χ3n) is 4.91. The Morgan fingerprint density at radius 3 is 1.96 bits per heavy atom. The second kappa shape index (κ2) is 14.9. The first-order chi connectivity index (χ1) is 13.5. The Bertz CT molecular complexity index is 479. The topological polar surface area (TPSA) is 68.2 Å². The second-order valence-corrected chi connectivity index (χ2v) is 7.55. The molecule has 0 heterocycles. The third kappa shape index (κ3) is 9.48. The smallest absolute Gasteiger partial charge is 0.104 e. The fourth-order valence-corrected chi connectivity index (χ4v) is 3.22. The maximum absolute atomic E-state index is 10.8. The van der Waals surface area contributed by atoms with Gasteiger partial charge in [0.15, 0.2) is 0 Å². The molecule has 1 aromatic rings. The van der Waals surface area contributed by atoms with Crippen molar-refractivity contribution in [3.8, 4) is 0 Å².